The highest BCUT2D eigenvalue weighted by Gasteiger charge is 2.14. The van der Waals surface area contributed by atoms with Gasteiger partial charge >= 0.3 is 11.6 Å². The van der Waals surface area contributed by atoms with Gasteiger partial charge in [0.15, 0.2) is 0 Å². The maximum Gasteiger partial charge on any atom is 0.335 e. The number of fused-ring (bicyclic) bond motifs is 2. The highest BCUT2D eigenvalue weighted by Crippen LogP contribution is 2.29. The zero-order valence-electron chi connectivity index (χ0n) is 23.4. The smallest absolute Gasteiger partial charge is 0.335 e. The summed E-state index contributed by atoms with van der Waals surface area (Å²) in [4.78, 5) is 12.5. The third-order valence-corrected chi connectivity index (χ3v) is 7.82. The predicted molar refractivity (Wildman–Crippen MR) is 170 cm³/mol. The van der Waals surface area contributed by atoms with Crippen molar-refractivity contribution in [3.63, 3.8) is 0 Å². The van der Waals surface area contributed by atoms with Crippen molar-refractivity contribution in [2.45, 2.75) is 27.7 Å². The molecule has 15 heteroatoms. The number of H-pyrrole nitrogens is 1. The standard InChI is InChI=1S/C17H14BrN5.C11H10BrN5.O2S/c1-11-20-21-12(2)23(11)16-9-8-14-15(18)10-22(17(14)19-16)13-6-4-3-5-7-13;1-6-15-16-7(2)17(6)10-4-3-8-9(12)5-13-11(8)14-10;1-3-2/h3-10H,1-2H3;3-5H,1-2H3,(H,13,14);. The van der Waals surface area contributed by atoms with Gasteiger partial charge in [-0.05, 0) is 96.0 Å². The molecule has 0 saturated heterocycles. The van der Waals surface area contributed by atoms with Crippen LogP contribution in [0, 0.1) is 27.7 Å². The average Bonchev–Trinajstić information content (AvgIpc) is 3.74. The summed E-state index contributed by atoms with van der Waals surface area (Å²) in [5.74, 6) is 4.96. The molecule has 0 unspecified atom stereocenters. The Labute approximate surface area is 266 Å². The maximum atomic E-state index is 8.29. The monoisotopic (exact) mass is 722 g/mol. The second kappa shape index (κ2) is 12.9. The Morgan fingerprint density at radius 1 is 0.674 bits per heavy atom. The number of nitrogens with one attached hydrogen (secondary N) is 1. The van der Waals surface area contributed by atoms with Gasteiger partial charge in [0.1, 0.15) is 46.2 Å². The Morgan fingerprint density at radius 3 is 1.74 bits per heavy atom. The number of hydrogen-bond acceptors (Lipinski definition) is 8. The second-order valence-corrected chi connectivity index (χ2v) is 11.1. The van der Waals surface area contributed by atoms with E-state index < -0.39 is 11.6 Å². The van der Waals surface area contributed by atoms with Gasteiger partial charge in [0.25, 0.3) is 0 Å². The average molecular weight is 724 g/mol. The molecule has 0 fully saturated rings. The number of benzene rings is 1. The largest absolute Gasteiger partial charge is 0.345 e. The van der Waals surface area contributed by atoms with Crippen molar-refractivity contribution in [3.05, 3.63) is 99.2 Å². The Morgan fingerprint density at radius 2 is 1.19 bits per heavy atom. The Balaban J connectivity index is 0.000000163. The van der Waals surface area contributed by atoms with Crippen molar-refractivity contribution in [1.82, 2.24) is 49.0 Å². The molecule has 0 amide bonds. The molecule has 43 heavy (non-hydrogen) atoms. The van der Waals surface area contributed by atoms with Crippen LogP contribution in [0.4, 0.5) is 0 Å². The summed E-state index contributed by atoms with van der Waals surface area (Å²) in [6.45, 7) is 7.68. The quantitative estimate of drug-likeness (QED) is 0.240. The summed E-state index contributed by atoms with van der Waals surface area (Å²) in [7, 11) is 0. The molecule has 12 nitrogen and oxygen atoms in total. The van der Waals surface area contributed by atoms with Gasteiger partial charge in [-0.3, -0.25) is 9.13 Å². The van der Waals surface area contributed by atoms with Crippen LogP contribution in [0.1, 0.15) is 23.3 Å². The Kier molecular flexibility index (Phi) is 9.03. The fraction of sp³-hybridized carbons (Fsp3) is 0.143. The van der Waals surface area contributed by atoms with Gasteiger partial charge < -0.3 is 9.55 Å². The van der Waals surface area contributed by atoms with E-state index >= 15 is 0 Å². The molecule has 0 atom stereocenters. The Hall–Kier alpha value is -4.34. The summed E-state index contributed by atoms with van der Waals surface area (Å²) >= 11 is 6.34. The summed E-state index contributed by atoms with van der Waals surface area (Å²) in [5, 5.41) is 18.4. The van der Waals surface area contributed by atoms with Crippen LogP contribution in [0.15, 0.2) is 75.9 Å². The SMILES string of the molecule is Cc1nnc(C)n1-c1ccc2c(Br)c[nH]c2n1.Cc1nnc(C)n1-c1ccc2c(Br)cn(-c3ccccc3)c2n1.O=S=O. The lowest BCUT2D eigenvalue weighted by atomic mass is 10.3. The van der Waals surface area contributed by atoms with Gasteiger partial charge in [-0.2, -0.15) is 8.42 Å². The van der Waals surface area contributed by atoms with E-state index in [-0.39, 0.29) is 0 Å². The molecule has 0 radical (unpaired) electrons. The number of pyridine rings is 2. The lowest BCUT2D eigenvalue weighted by molar-refractivity contribution is 0.630. The number of aryl methyl sites for hydroxylation is 4. The molecule has 0 bridgehead atoms. The molecule has 0 spiro atoms. The maximum absolute atomic E-state index is 8.29. The minimum Gasteiger partial charge on any atom is -0.345 e. The lowest BCUT2D eigenvalue weighted by Gasteiger charge is -2.08. The van der Waals surface area contributed by atoms with Crippen molar-refractivity contribution < 1.29 is 8.42 Å². The summed E-state index contributed by atoms with van der Waals surface area (Å²) < 4.78 is 24.6. The van der Waals surface area contributed by atoms with Crippen LogP contribution < -0.4 is 0 Å². The molecular formula is C28H24Br2N10O2S. The van der Waals surface area contributed by atoms with Crippen LogP contribution in [-0.2, 0) is 11.6 Å². The first-order valence-electron chi connectivity index (χ1n) is 12.8. The second-order valence-electron chi connectivity index (χ2n) is 9.25. The van der Waals surface area contributed by atoms with Crippen molar-refractivity contribution >= 4 is 65.5 Å². The zero-order valence-corrected chi connectivity index (χ0v) is 27.3. The molecule has 0 aliphatic rings. The molecule has 0 aliphatic carbocycles. The van der Waals surface area contributed by atoms with Crippen LogP contribution >= 0.6 is 31.9 Å². The molecular weight excluding hydrogens is 700 g/mol. The number of para-hydroxylation sites is 1. The van der Waals surface area contributed by atoms with Crippen LogP contribution in [0.25, 0.3) is 39.4 Å². The van der Waals surface area contributed by atoms with Crippen LogP contribution in [0.3, 0.4) is 0 Å². The fourth-order valence-electron chi connectivity index (χ4n) is 4.65. The van der Waals surface area contributed by atoms with E-state index in [9.17, 15) is 0 Å². The summed E-state index contributed by atoms with van der Waals surface area (Å²) in [5.41, 5.74) is 2.82. The van der Waals surface area contributed by atoms with Crippen molar-refractivity contribution in [2.24, 2.45) is 0 Å². The van der Waals surface area contributed by atoms with E-state index in [1.165, 1.54) is 0 Å². The van der Waals surface area contributed by atoms with Crippen LogP contribution in [0.5, 0.6) is 0 Å². The number of aromatic nitrogens is 10. The first kappa shape index (κ1) is 30.1. The zero-order chi connectivity index (χ0) is 30.7. The normalized spacial score (nSPS) is 10.7. The van der Waals surface area contributed by atoms with E-state index in [1.807, 2.05) is 85.6 Å². The van der Waals surface area contributed by atoms with Gasteiger partial charge in [0.05, 0.1) is 0 Å². The number of hydrogen-bond donors (Lipinski definition) is 1. The minimum atomic E-state index is -0.750. The van der Waals surface area contributed by atoms with Crippen LogP contribution in [-0.4, -0.2) is 57.5 Å². The molecule has 0 aliphatic heterocycles. The van der Waals surface area contributed by atoms with E-state index in [0.29, 0.717) is 0 Å². The van der Waals surface area contributed by atoms with E-state index in [2.05, 4.69) is 85.0 Å². The molecule has 0 saturated carbocycles. The number of halogens is 2. The number of nitrogens with zero attached hydrogens (tertiary/aromatic N) is 9. The molecule has 1 aromatic carbocycles. The molecule has 1 N–H and O–H groups in total. The fourth-order valence-corrected chi connectivity index (χ4v) is 5.60. The lowest BCUT2D eigenvalue weighted by Crippen LogP contribution is -2.03. The first-order valence-corrected chi connectivity index (χ1v) is 15.0. The Bertz CT molecular complexity index is 2050. The molecule has 218 valence electrons. The van der Waals surface area contributed by atoms with Gasteiger partial charge in [-0.1, -0.05) is 18.2 Å². The third kappa shape index (κ3) is 6.09. The van der Waals surface area contributed by atoms with Crippen LogP contribution in [0.2, 0.25) is 0 Å². The van der Waals surface area contributed by atoms with E-state index in [4.69, 9.17) is 13.4 Å². The highest BCUT2D eigenvalue weighted by atomic mass is 79.9. The topological polar surface area (TPSA) is 142 Å². The molecule has 6 heterocycles. The predicted octanol–water partition coefficient (Wildman–Crippen LogP) is 5.84. The highest BCUT2D eigenvalue weighted by molar-refractivity contribution is 9.11. The summed E-state index contributed by atoms with van der Waals surface area (Å²) in [6.07, 6.45) is 3.93. The molecule has 6 aromatic heterocycles. The first-order chi connectivity index (χ1) is 20.7. The molecule has 7 aromatic rings. The summed E-state index contributed by atoms with van der Waals surface area (Å²) in [6, 6.07) is 18.2. The van der Waals surface area contributed by atoms with E-state index in [1.54, 1.807) is 0 Å². The molecule has 7 rings (SSSR count). The van der Waals surface area contributed by atoms with Crippen molar-refractivity contribution in [2.75, 3.05) is 0 Å². The van der Waals surface area contributed by atoms with E-state index in [0.717, 1.165) is 71.6 Å². The van der Waals surface area contributed by atoms with Crippen molar-refractivity contribution in [1.29, 1.82) is 0 Å². The van der Waals surface area contributed by atoms with Gasteiger partial charge in [0.2, 0.25) is 0 Å². The van der Waals surface area contributed by atoms with Gasteiger partial charge in [-0.15, -0.1) is 20.4 Å². The van der Waals surface area contributed by atoms with Gasteiger partial charge in [0, 0.05) is 37.8 Å². The third-order valence-electron chi connectivity index (χ3n) is 6.53. The number of aromatic amines is 1. The minimum absolute atomic E-state index is 0.750. The van der Waals surface area contributed by atoms with Crippen molar-refractivity contribution in [3.8, 4) is 17.3 Å². The number of rotatable bonds is 3. The van der Waals surface area contributed by atoms with Gasteiger partial charge in [-0.25, -0.2) is 9.97 Å².